The average molecular weight is 523 g/mol. The van der Waals surface area contributed by atoms with Gasteiger partial charge in [0.2, 0.25) is 0 Å². The summed E-state index contributed by atoms with van der Waals surface area (Å²) in [6, 6.07) is 12.8. The predicted octanol–water partition coefficient (Wildman–Crippen LogP) is 6.21. The van der Waals surface area contributed by atoms with E-state index >= 15 is 0 Å². The van der Waals surface area contributed by atoms with E-state index in [0.29, 0.717) is 48.7 Å². The van der Waals surface area contributed by atoms with E-state index < -0.39 is 17.9 Å². The second kappa shape index (κ2) is 17.8. The first-order chi connectivity index (χ1) is 18.3. The number of rotatable bonds is 14. The van der Waals surface area contributed by atoms with Gasteiger partial charge in [-0.1, -0.05) is 33.6 Å². The van der Waals surface area contributed by atoms with Gasteiger partial charge >= 0.3 is 17.9 Å². The highest BCUT2D eigenvalue weighted by atomic mass is 16.5. The van der Waals surface area contributed by atoms with E-state index in [1.54, 1.807) is 48.5 Å². The minimum atomic E-state index is -0.610. The molecular weight excluding hydrogens is 488 g/mol. The van der Waals surface area contributed by atoms with Crippen LogP contribution in [-0.2, 0) is 19.0 Å². The number of unbranched alkanes of at least 4 members (excludes halogenated alkanes) is 1. The number of esters is 3. The molecule has 2 aromatic carbocycles. The zero-order chi connectivity index (χ0) is 28.3. The lowest BCUT2D eigenvalue weighted by Crippen LogP contribution is -2.05. The fourth-order valence-corrected chi connectivity index (χ4v) is 2.65. The van der Waals surface area contributed by atoms with Crippen molar-refractivity contribution < 1.29 is 38.1 Å². The molecule has 0 unspecified atom stereocenters. The van der Waals surface area contributed by atoms with Crippen LogP contribution >= 0.6 is 0 Å². The maximum atomic E-state index is 12.3. The molecule has 0 N–H and O–H groups in total. The van der Waals surface area contributed by atoms with Crippen LogP contribution in [0.3, 0.4) is 0 Å². The average Bonchev–Trinajstić information content (AvgIpc) is 2.95. The van der Waals surface area contributed by atoms with Gasteiger partial charge in [-0.3, -0.25) is 0 Å². The summed E-state index contributed by atoms with van der Waals surface area (Å²) in [6.45, 7) is 15.4. The number of hydrogen-bond donors (Lipinski definition) is 0. The highest BCUT2D eigenvalue weighted by Crippen LogP contribution is 2.16. The summed E-state index contributed by atoms with van der Waals surface area (Å²) >= 11 is 0. The molecule has 202 valence electrons. The monoisotopic (exact) mass is 522 g/mol. The van der Waals surface area contributed by atoms with E-state index in [0.717, 1.165) is 6.08 Å². The van der Waals surface area contributed by atoms with Crippen LogP contribution in [0.25, 0.3) is 0 Å². The molecule has 0 spiro atoms. The highest BCUT2D eigenvalue weighted by molar-refractivity contribution is 5.91. The first-order valence-electron chi connectivity index (χ1n) is 12.0. The predicted molar refractivity (Wildman–Crippen MR) is 145 cm³/mol. The van der Waals surface area contributed by atoms with Crippen molar-refractivity contribution in [3.8, 4) is 11.5 Å². The molecule has 0 fully saturated rings. The van der Waals surface area contributed by atoms with Crippen LogP contribution in [-0.4, -0.2) is 38.2 Å². The molecule has 0 radical (unpaired) electrons. The van der Waals surface area contributed by atoms with E-state index in [9.17, 15) is 14.4 Å². The minimum absolute atomic E-state index is 0.0409. The summed E-state index contributed by atoms with van der Waals surface area (Å²) in [5.41, 5.74) is 0.634. The van der Waals surface area contributed by atoms with Crippen molar-refractivity contribution in [2.45, 2.75) is 26.7 Å². The molecule has 2 aromatic rings. The number of benzene rings is 2. The Bertz CT molecular complexity index is 1110. The van der Waals surface area contributed by atoms with Crippen molar-refractivity contribution >= 4 is 17.9 Å². The maximum absolute atomic E-state index is 12.3. The molecule has 0 aliphatic rings. The molecule has 2 rings (SSSR count). The third-order valence-electron chi connectivity index (χ3n) is 4.54. The second-order valence-electron chi connectivity index (χ2n) is 7.23. The highest BCUT2D eigenvalue weighted by Gasteiger charge is 2.10. The Hall–Kier alpha value is -4.59. The smallest absolute Gasteiger partial charge is 0.343 e. The molecule has 0 saturated carbocycles. The summed E-state index contributed by atoms with van der Waals surface area (Å²) < 4.78 is 25.9. The van der Waals surface area contributed by atoms with Crippen LogP contribution in [0, 0.1) is 0 Å². The van der Waals surface area contributed by atoms with Gasteiger partial charge in [-0.05, 0) is 73.5 Å². The normalized spacial score (nSPS) is 9.87. The standard InChI is InChI=1S/C28H28O8.C2H6/c1-5-26(29)34-19-7-6-18-33-25-16-12-23(13-17-25)28(31)36-21(3)9-8-20(2)35-27(30)22-10-14-24(32-4)15-11-22;1-2/h5,8-17H,1-3,6-7,18-19H2,4H3;1-2H3/b9-8-;. The van der Waals surface area contributed by atoms with Crippen LogP contribution in [0.4, 0.5) is 0 Å². The fourth-order valence-electron chi connectivity index (χ4n) is 2.65. The molecule has 0 amide bonds. The van der Waals surface area contributed by atoms with Crippen molar-refractivity contribution in [3.63, 3.8) is 0 Å². The summed E-state index contributed by atoms with van der Waals surface area (Å²) in [7, 11) is 1.53. The third-order valence-corrected chi connectivity index (χ3v) is 4.54. The van der Waals surface area contributed by atoms with E-state index in [1.807, 2.05) is 13.8 Å². The molecule has 8 nitrogen and oxygen atoms in total. The van der Waals surface area contributed by atoms with Gasteiger partial charge in [-0.2, -0.15) is 0 Å². The molecule has 38 heavy (non-hydrogen) atoms. The Morgan fingerprint density at radius 1 is 0.737 bits per heavy atom. The van der Waals surface area contributed by atoms with Gasteiger partial charge < -0.3 is 23.7 Å². The largest absolute Gasteiger partial charge is 0.497 e. The van der Waals surface area contributed by atoms with Crippen LogP contribution in [0.1, 0.15) is 47.4 Å². The number of methoxy groups -OCH3 is 1. The van der Waals surface area contributed by atoms with Crippen molar-refractivity contribution in [3.05, 3.63) is 109 Å². The second-order valence-corrected chi connectivity index (χ2v) is 7.23. The number of allylic oxidation sites excluding steroid dienone is 2. The number of hydrogen-bond acceptors (Lipinski definition) is 8. The van der Waals surface area contributed by atoms with Gasteiger partial charge in [0, 0.05) is 6.08 Å². The zero-order valence-corrected chi connectivity index (χ0v) is 22.1. The molecule has 0 atom stereocenters. The maximum Gasteiger partial charge on any atom is 0.343 e. The Kier molecular flexibility index (Phi) is 14.7. The van der Waals surface area contributed by atoms with Crippen LogP contribution in [0.5, 0.6) is 11.5 Å². The van der Waals surface area contributed by atoms with Crippen molar-refractivity contribution in [1.82, 2.24) is 0 Å². The lowest BCUT2D eigenvalue weighted by Gasteiger charge is -2.08. The van der Waals surface area contributed by atoms with Gasteiger partial charge in [0.1, 0.15) is 23.0 Å². The molecule has 0 aromatic heterocycles. The summed E-state index contributed by atoms with van der Waals surface area (Å²) in [5, 5.41) is 0. The molecule has 0 aliphatic heterocycles. The van der Waals surface area contributed by atoms with Gasteiger partial charge in [0.05, 0.1) is 31.5 Å². The third kappa shape index (κ3) is 11.9. The first-order valence-corrected chi connectivity index (χ1v) is 12.0. The molecular formula is C30H34O8. The van der Waals surface area contributed by atoms with E-state index in [1.165, 1.54) is 19.3 Å². The van der Waals surface area contributed by atoms with Crippen LogP contribution in [0.2, 0.25) is 0 Å². The lowest BCUT2D eigenvalue weighted by atomic mass is 10.2. The lowest BCUT2D eigenvalue weighted by molar-refractivity contribution is -0.137. The van der Waals surface area contributed by atoms with Gasteiger partial charge in [-0.25, -0.2) is 14.4 Å². The Morgan fingerprint density at radius 3 is 1.63 bits per heavy atom. The van der Waals surface area contributed by atoms with Crippen molar-refractivity contribution in [2.24, 2.45) is 0 Å². The number of carbonyl (C=O) groups excluding carboxylic acids is 3. The Labute approximate surface area is 223 Å². The van der Waals surface area contributed by atoms with Crippen LogP contribution < -0.4 is 9.47 Å². The SMILES string of the molecule is C=CC(=O)OCCCCOc1ccc(C(=O)OC(=C)/C=C\C(=C)OC(=O)c2ccc(OC)cc2)cc1.CC. The summed E-state index contributed by atoms with van der Waals surface area (Å²) in [4.78, 5) is 35.4. The minimum Gasteiger partial charge on any atom is -0.497 e. The zero-order valence-electron chi connectivity index (χ0n) is 22.1. The Balaban J connectivity index is 0.00000352. The fraction of sp³-hybridized carbons (Fsp3) is 0.233. The van der Waals surface area contributed by atoms with Gasteiger partial charge in [0.15, 0.2) is 0 Å². The van der Waals surface area contributed by atoms with Gasteiger partial charge in [0.25, 0.3) is 0 Å². The number of ether oxygens (including phenoxy) is 5. The van der Waals surface area contributed by atoms with Crippen molar-refractivity contribution in [2.75, 3.05) is 20.3 Å². The quantitative estimate of drug-likeness (QED) is 0.0722. The summed E-state index contributed by atoms with van der Waals surface area (Å²) in [5.74, 6) is -0.355. The van der Waals surface area contributed by atoms with Gasteiger partial charge in [-0.15, -0.1) is 0 Å². The Morgan fingerprint density at radius 2 is 1.18 bits per heavy atom. The van der Waals surface area contributed by atoms with Crippen molar-refractivity contribution in [1.29, 1.82) is 0 Å². The molecule has 0 heterocycles. The molecule has 0 saturated heterocycles. The first kappa shape index (κ1) is 31.4. The molecule has 0 bridgehead atoms. The van der Waals surface area contributed by atoms with Crippen LogP contribution in [0.15, 0.2) is 98.0 Å². The summed E-state index contributed by atoms with van der Waals surface area (Å²) in [6.07, 6.45) is 5.21. The van der Waals surface area contributed by atoms with E-state index in [2.05, 4.69) is 19.7 Å². The van der Waals surface area contributed by atoms with E-state index in [-0.39, 0.29) is 11.5 Å². The number of carbonyl (C=O) groups is 3. The topological polar surface area (TPSA) is 97.4 Å². The molecule has 8 heteroatoms. The molecule has 0 aliphatic carbocycles. The van der Waals surface area contributed by atoms with E-state index in [4.69, 9.17) is 23.7 Å².